The summed E-state index contributed by atoms with van der Waals surface area (Å²) in [4.78, 5) is 20.8. The maximum atomic E-state index is 6.57. The minimum atomic E-state index is 0.297. The van der Waals surface area contributed by atoms with Crippen LogP contribution in [0.25, 0.3) is 28.2 Å². The first-order chi connectivity index (χ1) is 17.6. The lowest BCUT2D eigenvalue weighted by Gasteiger charge is -2.28. The summed E-state index contributed by atoms with van der Waals surface area (Å²) < 4.78 is 2.02. The van der Waals surface area contributed by atoms with E-state index in [0.717, 1.165) is 80.1 Å². The lowest BCUT2D eigenvalue weighted by molar-refractivity contribution is 0.410. The lowest BCUT2D eigenvalue weighted by atomic mass is 9.92. The van der Waals surface area contributed by atoms with Crippen LogP contribution in [0.4, 0.5) is 11.8 Å². The second kappa shape index (κ2) is 10.0. The Morgan fingerprint density at radius 2 is 1.72 bits per heavy atom. The molecule has 9 nitrogen and oxygen atoms in total. The molecule has 0 spiro atoms. The van der Waals surface area contributed by atoms with Crippen LogP contribution in [0, 0.1) is 0 Å². The monoisotopic (exact) mass is 503 g/mol. The lowest BCUT2D eigenvalue weighted by Crippen LogP contribution is -2.43. The molecule has 1 saturated heterocycles. The molecule has 4 aromatic heterocycles. The Bertz CT molecular complexity index is 1340. The van der Waals surface area contributed by atoms with Gasteiger partial charge in [-0.05, 0) is 49.9 Å². The highest BCUT2D eigenvalue weighted by Crippen LogP contribution is 2.30. The molecule has 4 N–H and O–H groups in total. The van der Waals surface area contributed by atoms with Gasteiger partial charge in [0.2, 0.25) is 5.95 Å². The first-order valence-corrected chi connectivity index (χ1v) is 13.0. The fraction of sp³-hybridized carbons (Fsp3) is 0.385. The van der Waals surface area contributed by atoms with E-state index in [9.17, 15) is 0 Å². The molecule has 0 amide bonds. The molecule has 2 fully saturated rings. The van der Waals surface area contributed by atoms with E-state index < -0.39 is 0 Å². The van der Waals surface area contributed by atoms with Crippen molar-refractivity contribution in [1.29, 1.82) is 0 Å². The van der Waals surface area contributed by atoms with Crippen LogP contribution in [0.1, 0.15) is 25.7 Å². The van der Waals surface area contributed by atoms with E-state index in [4.69, 9.17) is 27.3 Å². The summed E-state index contributed by atoms with van der Waals surface area (Å²) in [6.45, 7) is 3.92. The maximum absolute atomic E-state index is 6.57. The van der Waals surface area contributed by atoms with Crippen molar-refractivity contribution in [3.8, 4) is 22.5 Å². The Morgan fingerprint density at radius 1 is 0.917 bits per heavy atom. The Labute approximate surface area is 215 Å². The van der Waals surface area contributed by atoms with Crippen LogP contribution in [0.3, 0.4) is 0 Å². The number of nitrogens with one attached hydrogen (secondary N) is 2. The van der Waals surface area contributed by atoms with Crippen LogP contribution in [0.15, 0.2) is 49.1 Å². The molecule has 1 aliphatic heterocycles. The number of fused-ring (bicyclic) bond motifs is 1. The average molecular weight is 504 g/mol. The van der Waals surface area contributed by atoms with Gasteiger partial charge in [0.15, 0.2) is 0 Å². The molecule has 4 aromatic rings. The molecule has 0 radical (unpaired) electrons. The Hall–Kier alpha value is -3.27. The second-order valence-corrected chi connectivity index (χ2v) is 9.98. The molecule has 1 saturated carbocycles. The van der Waals surface area contributed by atoms with Gasteiger partial charge in [-0.1, -0.05) is 11.6 Å². The number of nitrogens with two attached hydrogens (primary N) is 1. The Balaban J connectivity index is 1.28. The zero-order valence-electron chi connectivity index (χ0n) is 20.1. The number of hydrogen-bond acceptors (Lipinski definition) is 8. The van der Waals surface area contributed by atoms with Gasteiger partial charge in [-0.2, -0.15) is 0 Å². The first kappa shape index (κ1) is 23.1. The highest BCUT2D eigenvalue weighted by Gasteiger charge is 2.20. The number of nitrogens with zero attached hydrogens (tertiary/aromatic N) is 6. The zero-order valence-corrected chi connectivity index (χ0v) is 20.8. The summed E-state index contributed by atoms with van der Waals surface area (Å²) >= 11 is 6.57. The molecule has 5 heterocycles. The number of halogens is 1. The van der Waals surface area contributed by atoms with Crippen LogP contribution >= 0.6 is 11.6 Å². The standard InChI is InChI=1S/C26H30ClN9/c27-21-14-32-26(33-20-5-3-19(28)4-6-20)34-25(21)22-15-31-24-8-2-18(16-36(22)24)17-1-7-23(30-13-17)35-11-9-29-10-12-35/h1-2,7-8,13-16,19-20,29H,3-6,9-12,28H2,(H,32,33,34). The molecule has 0 atom stereocenters. The predicted molar refractivity (Wildman–Crippen MR) is 143 cm³/mol. The third kappa shape index (κ3) is 4.74. The number of aromatic nitrogens is 5. The number of piperazine rings is 1. The summed E-state index contributed by atoms with van der Waals surface area (Å²) in [6.07, 6.45) is 11.5. The van der Waals surface area contributed by atoms with Crippen molar-refractivity contribution in [3.05, 3.63) is 54.1 Å². The summed E-state index contributed by atoms with van der Waals surface area (Å²) in [7, 11) is 0. The quantitative estimate of drug-likeness (QED) is 0.379. The van der Waals surface area contributed by atoms with Gasteiger partial charge in [0.05, 0.1) is 23.1 Å². The zero-order chi connectivity index (χ0) is 24.5. The van der Waals surface area contributed by atoms with Crippen LogP contribution < -0.4 is 21.3 Å². The fourth-order valence-corrected chi connectivity index (χ4v) is 5.21. The van der Waals surface area contributed by atoms with Crippen molar-refractivity contribution < 1.29 is 0 Å². The highest BCUT2D eigenvalue weighted by molar-refractivity contribution is 6.32. The minimum absolute atomic E-state index is 0.297. The molecule has 1 aliphatic carbocycles. The fourth-order valence-electron chi connectivity index (χ4n) is 5.03. The van der Waals surface area contributed by atoms with Crippen molar-refractivity contribution in [2.45, 2.75) is 37.8 Å². The molecule has 10 heteroatoms. The van der Waals surface area contributed by atoms with Gasteiger partial charge in [0.1, 0.15) is 17.2 Å². The summed E-state index contributed by atoms with van der Waals surface area (Å²) in [6, 6.07) is 8.91. The van der Waals surface area contributed by atoms with Gasteiger partial charge in [0.25, 0.3) is 0 Å². The number of anilines is 2. The molecular formula is C26H30ClN9. The van der Waals surface area contributed by atoms with Crippen molar-refractivity contribution in [1.82, 2.24) is 29.7 Å². The smallest absolute Gasteiger partial charge is 0.223 e. The Kier molecular flexibility index (Phi) is 6.43. The number of rotatable bonds is 5. The van der Waals surface area contributed by atoms with E-state index >= 15 is 0 Å². The minimum Gasteiger partial charge on any atom is -0.354 e. The topological polar surface area (TPSA) is 109 Å². The van der Waals surface area contributed by atoms with E-state index in [1.54, 1.807) is 6.20 Å². The second-order valence-electron chi connectivity index (χ2n) is 9.58. The van der Waals surface area contributed by atoms with Crippen molar-refractivity contribution >= 4 is 29.0 Å². The first-order valence-electron chi connectivity index (χ1n) is 12.6. The largest absolute Gasteiger partial charge is 0.354 e. The van der Waals surface area contributed by atoms with Gasteiger partial charge < -0.3 is 21.3 Å². The van der Waals surface area contributed by atoms with Gasteiger partial charge in [0, 0.05) is 61.8 Å². The van der Waals surface area contributed by atoms with Crippen LogP contribution in [0.5, 0.6) is 0 Å². The summed E-state index contributed by atoms with van der Waals surface area (Å²) in [5.74, 6) is 1.59. The van der Waals surface area contributed by atoms with E-state index in [2.05, 4.69) is 49.9 Å². The molecule has 6 rings (SSSR count). The van der Waals surface area contributed by atoms with E-state index in [1.165, 1.54) is 0 Å². The van der Waals surface area contributed by atoms with Crippen LogP contribution in [-0.4, -0.2) is 62.6 Å². The van der Waals surface area contributed by atoms with Crippen LogP contribution in [-0.2, 0) is 0 Å². The predicted octanol–water partition coefficient (Wildman–Crippen LogP) is 3.60. The van der Waals surface area contributed by atoms with Gasteiger partial charge in [-0.25, -0.2) is 19.9 Å². The SMILES string of the molecule is NC1CCC(Nc2ncc(Cl)c(-c3cnc4ccc(-c5ccc(N6CCNCC6)nc5)cn34)n2)CC1. The molecule has 0 bridgehead atoms. The average Bonchev–Trinajstić information content (AvgIpc) is 3.35. The molecule has 2 aliphatic rings. The van der Waals surface area contributed by atoms with Gasteiger partial charge >= 0.3 is 0 Å². The third-order valence-corrected chi connectivity index (χ3v) is 7.40. The molecule has 36 heavy (non-hydrogen) atoms. The van der Waals surface area contributed by atoms with Gasteiger partial charge in [-0.15, -0.1) is 0 Å². The van der Waals surface area contributed by atoms with E-state index in [-0.39, 0.29) is 0 Å². The van der Waals surface area contributed by atoms with E-state index in [0.29, 0.717) is 28.7 Å². The number of pyridine rings is 2. The summed E-state index contributed by atoms with van der Waals surface area (Å²) in [5, 5.41) is 7.33. The maximum Gasteiger partial charge on any atom is 0.223 e. The third-order valence-electron chi connectivity index (χ3n) is 7.12. The van der Waals surface area contributed by atoms with E-state index in [1.807, 2.05) is 22.9 Å². The highest BCUT2D eigenvalue weighted by atomic mass is 35.5. The van der Waals surface area contributed by atoms with Crippen molar-refractivity contribution in [3.63, 3.8) is 0 Å². The van der Waals surface area contributed by atoms with Gasteiger partial charge in [-0.3, -0.25) is 4.40 Å². The molecule has 0 unspecified atom stereocenters. The normalized spacial score (nSPS) is 20.6. The van der Waals surface area contributed by atoms with Crippen molar-refractivity contribution in [2.75, 3.05) is 36.4 Å². The Morgan fingerprint density at radius 3 is 2.50 bits per heavy atom. The number of imidazole rings is 1. The summed E-state index contributed by atoms with van der Waals surface area (Å²) in [5.41, 5.74) is 10.4. The molecule has 186 valence electrons. The molecule has 0 aromatic carbocycles. The molecular weight excluding hydrogens is 474 g/mol. The van der Waals surface area contributed by atoms with Crippen molar-refractivity contribution in [2.24, 2.45) is 5.73 Å². The van der Waals surface area contributed by atoms with Crippen LogP contribution in [0.2, 0.25) is 5.02 Å². The number of hydrogen-bond donors (Lipinski definition) is 3.